The highest BCUT2D eigenvalue weighted by Gasteiger charge is 2.30. The van der Waals surface area contributed by atoms with Gasteiger partial charge in [0.25, 0.3) is 0 Å². The Hall–Kier alpha value is -4.41. The molecule has 0 aliphatic carbocycles. The summed E-state index contributed by atoms with van der Waals surface area (Å²) < 4.78 is 74.0. The predicted octanol–water partition coefficient (Wildman–Crippen LogP) is 6.51. The summed E-state index contributed by atoms with van der Waals surface area (Å²) in [6.07, 6.45) is -3.33. The van der Waals surface area contributed by atoms with Crippen LogP contribution in [0, 0.1) is 0 Å². The molecule has 204 valence electrons. The van der Waals surface area contributed by atoms with E-state index in [0.717, 1.165) is 27.8 Å². The van der Waals surface area contributed by atoms with Gasteiger partial charge in [-0.3, -0.25) is 0 Å². The summed E-state index contributed by atoms with van der Waals surface area (Å²) in [5.41, 5.74) is 1.70. The third kappa shape index (κ3) is 5.78. The molecule has 0 atom stereocenters. The van der Waals surface area contributed by atoms with Gasteiger partial charge in [-0.15, -0.1) is 0 Å². The maximum absolute atomic E-state index is 13.8. The van der Waals surface area contributed by atoms with Crippen molar-refractivity contribution in [2.75, 3.05) is 0 Å². The highest BCUT2D eigenvalue weighted by atomic mass is 32.2. The van der Waals surface area contributed by atoms with Gasteiger partial charge in [0, 0.05) is 18.7 Å². The number of oxazole rings is 1. The number of hydrogen-bond donors (Lipinski definition) is 0. The van der Waals surface area contributed by atoms with Crippen LogP contribution in [0.15, 0.2) is 130 Å². The maximum atomic E-state index is 13.8. The summed E-state index contributed by atoms with van der Waals surface area (Å²) in [5.74, 6) is -0.789. The van der Waals surface area contributed by atoms with E-state index in [9.17, 15) is 26.4 Å². The molecule has 0 spiro atoms. The second-order valence-corrected chi connectivity index (χ2v) is 11.0. The van der Waals surface area contributed by atoms with E-state index in [2.05, 4.69) is 0 Å². The Labute approximate surface area is 228 Å². The first-order valence-corrected chi connectivity index (χ1v) is 13.6. The zero-order valence-corrected chi connectivity index (χ0v) is 21.8. The quantitative estimate of drug-likeness (QED) is 0.216. The molecular weight excluding hydrogens is 541 g/mol. The summed E-state index contributed by atoms with van der Waals surface area (Å²) in [6.45, 7) is 0.323. The summed E-state index contributed by atoms with van der Waals surface area (Å²) in [7, 11) is -3.94. The Morgan fingerprint density at radius 2 is 1.25 bits per heavy atom. The van der Waals surface area contributed by atoms with Gasteiger partial charge >= 0.3 is 11.9 Å². The minimum absolute atomic E-state index is 0.0510. The third-order valence-corrected chi connectivity index (χ3v) is 8.14. The van der Waals surface area contributed by atoms with Crippen molar-refractivity contribution in [2.24, 2.45) is 0 Å². The van der Waals surface area contributed by atoms with Crippen molar-refractivity contribution in [3.8, 4) is 16.9 Å². The highest BCUT2D eigenvalue weighted by Crippen LogP contribution is 2.31. The predicted molar refractivity (Wildman–Crippen MR) is 144 cm³/mol. The third-order valence-electron chi connectivity index (χ3n) is 6.34. The molecule has 40 heavy (non-hydrogen) atoms. The van der Waals surface area contributed by atoms with Gasteiger partial charge in [-0.25, -0.2) is 17.8 Å². The number of rotatable bonds is 8. The maximum Gasteiger partial charge on any atom is 0.424 e. The van der Waals surface area contributed by atoms with Crippen molar-refractivity contribution >= 4 is 10.0 Å². The van der Waals surface area contributed by atoms with Gasteiger partial charge in [-0.2, -0.15) is 17.5 Å². The van der Waals surface area contributed by atoms with Crippen LogP contribution in [-0.2, 0) is 29.3 Å². The van der Waals surface area contributed by atoms with Crippen LogP contribution in [0.2, 0.25) is 0 Å². The largest absolute Gasteiger partial charge is 0.424 e. The Balaban J connectivity index is 1.46. The Morgan fingerprint density at radius 3 is 1.75 bits per heavy atom. The number of hydrogen-bond acceptors (Lipinski definition) is 4. The zero-order chi connectivity index (χ0) is 28.3. The van der Waals surface area contributed by atoms with E-state index in [1.807, 2.05) is 60.7 Å². The zero-order valence-electron chi connectivity index (χ0n) is 21.0. The Bertz CT molecular complexity index is 1710. The van der Waals surface area contributed by atoms with Crippen molar-refractivity contribution in [1.82, 2.24) is 8.87 Å². The topological polar surface area (TPSA) is 72.5 Å². The van der Waals surface area contributed by atoms with Crippen LogP contribution in [0.1, 0.15) is 16.7 Å². The van der Waals surface area contributed by atoms with Crippen molar-refractivity contribution in [3.05, 3.63) is 143 Å². The van der Waals surface area contributed by atoms with Crippen molar-refractivity contribution in [2.45, 2.75) is 24.2 Å². The van der Waals surface area contributed by atoms with Crippen molar-refractivity contribution < 1.29 is 26.0 Å². The molecule has 0 saturated heterocycles. The SMILES string of the molecule is O=c1occ(-c2ccc(S(=O)(=O)N(Cc3ccccc3)Cc3ccccc3)cc2)n1-c1ccc(C(F)(F)F)cc1. The molecule has 1 heterocycles. The Kier molecular flexibility index (Phi) is 7.46. The van der Waals surface area contributed by atoms with Gasteiger partial charge in [-0.1, -0.05) is 72.8 Å². The summed E-state index contributed by atoms with van der Waals surface area (Å²) in [4.78, 5) is 12.5. The normalized spacial score (nSPS) is 12.1. The second-order valence-electron chi connectivity index (χ2n) is 9.04. The fourth-order valence-corrected chi connectivity index (χ4v) is 5.71. The minimum Gasteiger partial charge on any atom is -0.415 e. The average Bonchev–Trinajstić information content (AvgIpc) is 3.34. The molecule has 5 rings (SSSR count). The lowest BCUT2D eigenvalue weighted by Gasteiger charge is -2.23. The molecule has 1 aromatic heterocycles. The molecule has 0 aliphatic heterocycles. The number of aromatic nitrogens is 1. The monoisotopic (exact) mass is 564 g/mol. The van der Waals surface area contributed by atoms with Gasteiger partial charge in [-0.05, 0) is 47.5 Å². The van der Waals surface area contributed by atoms with Crippen molar-refractivity contribution in [1.29, 1.82) is 0 Å². The molecule has 0 N–H and O–H groups in total. The van der Waals surface area contributed by atoms with Crippen LogP contribution in [0.3, 0.4) is 0 Å². The van der Waals surface area contributed by atoms with Gasteiger partial charge < -0.3 is 4.42 Å². The first-order chi connectivity index (χ1) is 19.1. The molecule has 0 bridgehead atoms. The first kappa shape index (κ1) is 27.2. The van der Waals surface area contributed by atoms with E-state index in [1.165, 1.54) is 47.0 Å². The van der Waals surface area contributed by atoms with Gasteiger partial charge in [0.15, 0.2) is 0 Å². The summed E-state index contributed by atoms with van der Waals surface area (Å²) in [6, 6.07) is 28.6. The van der Waals surface area contributed by atoms with Crippen molar-refractivity contribution in [3.63, 3.8) is 0 Å². The van der Waals surface area contributed by atoms with Crippen LogP contribution >= 0.6 is 0 Å². The molecule has 6 nitrogen and oxygen atoms in total. The lowest BCUT2D eigenvalue weighted by atomic mass is 10.1. The number of halogens is 3. The number of sulfonamides is 1. The highest BCUT2D eigenvalue weighted by molar-refractivity contribution is 7.89. The van der Waals surface area contributed by atoms with Gasteiger partial charge in [0.1, 0.15) is 6.26 Å². The fraction of sp³-hybridized carbons (Fsp3) is 0.100. The van der Waals surface area contributed by atoms with Crippen LogP contribution < -0.4 is 5.76 Å². The lowest BCUT2D eigenvalue weighted by molar-refractivity contribution is -0.137. The van der Waals surface area contributed by atoms with E-state index in [-0.39, 0.29) is 29.4 Å². The lowest BCUT2D eigenvalue weighted by Crippen LogP contribution is -2.30. The molecule has 0 fully saturated rings. The fourth-order valence-electron chi connectivity index (χ4n) is 4.30. The molecule has 5 aromatic rings. The molecule has 10 heteroatoms. The van der Waals surface area contributed by atoms with E-state index >= 15 is 0 Å². The summed E-state index contributed by atoms with van der Waals surface area (Å²) in [5, 5.41) is 0. The average molecular weight is 565 g/mol. The number of benzene rings is 4. The smallest absolute Gasteiger partial charge is 0.415 e. The first-order valence-electron chi connectivity index (χ1n) is 12.2. The van der Waals surface area contributed by atoms with Gasteiger partial charge in [0.2, 0.25) is 10.0 Å². The van der Waals surface area contributed by atoms with E-state index in [1.54, 1.807) is 0 Å². The van der Waals surface area contributed by atoms with Crippen LogP contribution in [0.4, 0.5) is 13.2 Å². The molecule has 4 aromatic carbocycles. The van der Waals surface area contributed by atoms with Crippen LogP contribution in [0.5, 0.6) is 0 Å². The van der Waals surface area contributed by atoms with Gasteiger partial charge in [0.05, 0.1) is 21.8 Å². The molecule has 0 saturated carbocycles. The number of nitrogens with zero attached hydrogens (tertiary/aromatic N) is 2. The van der Waals surface area contributed by atoms with E-state index in [4.69, 9.17) is 4.42 Å². The molecule has 0 unspecified atom stereocenters. The second kappa shape index (κ2) is 11.0. The molecule has 0 radical (unpaired) electrons. The van der Waals surface area contributed by atoms with E-state index in [0.29, 0.717) is 5.56 Å². The standard InChI is InChI=1S/C30H23F3N2O4S/c31-30(32,33)25-13-15-26(16-14-25)35-28(21-39-29(35)36)24-11-17-27(18-12-24)40(37,38)34(19-22-7-3-1-4-8-22)20-23-9-5-2-6-10-23/h1-18,21H,19-20H2. The van der Waals surface area contributed by atoms with Crippen LogP contribution in [0.25, 0.3) is 16.9 Å². The van der Waals surface area contributed by atoms with E-state index < -0.39 is 27.5 Å². The van der Waals surface area contributed by atoms with Crippen LogP contribution in [-0.4, -0.2) is 17.3 Å². The molecule has 0 amide bonds. The summed E-state index contributed by atoms with van der Waals surface area (Å²) >= 11 is 0. The minimum atomic E-state index is -4.51. The number of alkyl halides is 3. The molecular formula is C30H23F3N2O4S. The Morgan fingerprint density at radius 1 is 0.725 bits per heavy atom. The molecule has 0 aliphatic rings.